The third kappa shape index (κ3) is 10.9. The van der Waals surface area contributed by atoms with Crippen LogP contribution in [0.5, 0.6) is 0 Å². The van der Waals surface area contributed by atoms with Crippen LogP contribution < -0.4 is 0 Å². The van der Waals surface area contributed by atoms with Gasteiger partial charge in [-0.05, 0) is 67.6 Å². The second-order valence-corrected chi connectivity index (χ2v) is 13.1. The summed E-state index contributed by atoms with van der Waals surface area (Å²) in [7, 11) is 0. The largest absolute Gasteiger partial charge is 0.251 e. The van der Waals surface area contributed by atoms with Crippen LogP contribution in [0, 0.1) is 35.5 Å². The number of unbranched alkanes of at least 4 members (excludes halogenated alkanes) is 7. The molecule has 0 unspecified atom stereocenters. The van der Waals surface area contributed by atoms with Crippen LogP contribution in [0.15, 0.2) is 0 Å². The maximum atomic E-state index is 12.3. The van der Waals surface area contributed by atoms with Crippen LogP contribution in [0.2, 0.25) is 0 Å². The van der Waals surface area contributed by atoms with Crippen LogP contribution >= 0.6 is 0 Å². The number of alkyl halides is 1. The van der Waals surface area contributed by atoms with E-state index in [4.69, 9.17) is 0 Å². The number of rotatable bonds is 16. The summed E-state index contributed by atoms with van der Waals surface area (Å²) in [6.07, 6.45) is 36.3. The van der Waals surface area contributed by atoms with Crippen molar-refractivity contribution in [2.75, 3.05) is 6.67 Å². The summed E-state index contributed by atoms with van der Waals surface area (Å²) in [5.74, 6) is 6.29. The van der Waals surface area contributed by atoms with Crippen molar-refractivity contribution in [1.29, 1.82) is 0 Å². The van der Waals surface area contributed by atoms with Crippen LogP contribution in [0.3, 0.4) is 0 Å². The molecule has 0 saturated heterocycles. The van der Waals surface area contributed by atoms with E-state index in [0.29, 0.717) is 0 Å². The molecule has 0 spiro atoms. The molecule has 0 nitrogen and oxygen atoms in total. The highest BCUT2D eigenvalue weighted by molar-refractivity contribution is 4.83. The first kappa shape index (κ1) is 28.5. The van der Waals surface area contributed by atoms with Gasteiger partial charge in [0.25, 0.3) is 0 Å². The fraction of sp³-hybridized carbons (Fsp3) is 1.00. The van der Waals surface area contributed by atoms with Crippen molar-refractivity contribution in [3.63, 3.8) is 0 Å². The summed E-state index contributed by atoms with van der Waals surface area (Å²) >= 11 is 0. The van der Waals surface area contributed by atoms with Crippen molar-refractivity contribution in [2.24, 2.45) is 35.5 Å². The van der Waals surface area contributed by atoms with Crippen molar-refractivity contribution < 1.29 is 4.39 Å². The average Bonchev–Trinajstić information content (AvgIpc) is 2.89. The van der Waals surface area contributed by atoms with E-state index >= 15 is 0 Å². The molecular weight excluding hydrogens is 415 g/mol. The van der Waals surface area contributed by atoms with E-state index in [-0.39, 0.29) is 6.67 Å². The van der Waals surface area contributed by atoms with E-state index in [2.05, 4.69) is 6.92 Å². The smallest absolute Gasteiger partial charge is 0.0894 e. The minimum Gasteiger partial charge on any atom is -0.251 e. The molecule has 0 aliphatic heterocycles. The predicted octanol–water partition coefficient (Wildman–Crippen LogP) is 11.5. The third-order valence-corrected chi connectivity index (χ3v) is 10.6. The summed E-state index contributed by atoms with van der Waals surface area (Å²) in [5.41, 5.74) is 0. The third-order valence-electron chi connectivity index (χ3n) is 10.6. The molecule has 0 bridgehead atoms. The Morgan fingerprint density at radius 2 is 0.765 bits per heavy atom. The molecule has 1 heteroatoms. The second-order valence-electron chi connectivity index (χ2n) is 13.1. The molecule has 0 aromatic heterocycles. The van der Waals surface area contributed by atoms with Crippen molar-refractivity contribution >= 4 is 0 Å². The molecule has 0 N–H and O–H groups in total. The Kier molecular flexibility index (Phi) is 14.6. The Hall–Kier alpha value is -0.0700. The lowest BCUT2D eigenvalue weighted by atomic mass is 9.68. The van der Waals surface area contributed by atoms with E-state index in [1.165, 1.54) is 96.3 Å². The number of hydrogen-bond acceptors (Lipinski definition) is 0. The van der Waals surface area contributed by atoms with E-state index in [0.717, 1.165) is 48.3 Å². The van der Waals surface area contributed by atoms with Gasteiger partial charge in [-0.15, -0.1) is 0 Å². The molecule has 0 atom stereocenters. The molecule has 3 fully saturated rings. The summed E-state index contributed by atoms with van der Waals surface area (Å²) in [6, 6.07) is 0. The lowest BCUT2D eigenvalue weighted by molar-refractivity contribution is 0.135. The van der Waals surface area contributed by atoms with Crippen LogP contribution in [0.25, 0.3) is 0 Å². The maximum absolute atomic E-state index is 12.3. The SMILES string of the molecule is CCCCCCCCC1CCC(C2CCC(CCC3CCC(CCCCCF)CC3)CC2)CC1. The molecule has 3 saturated carbocycles. The Morgan fingerprint density at radius 1 is 0.412 bits per heavy atom. The van der Waals surface area contributed by atoms with Crippen molar-refractivity contribution in [3.05, 3.63) is 0 Å². The zero-order valence-corrected chi connectivity index (χ0v) is 23.2. The first-order chi connectivity index (χ1) is 16.8. The summed E-state index contributed by atoms with van der Waals surface area (Å²) in [4.78, 5) is 0. The predicted molar refractivity (Wildman–Crippen MR) is 148 cm³/mol. The van der Waals surface area contributed by atoms with E-state index in [1.54, 1.807) is 51.4 Å². The Morgan fingerprint density at radius 3 is 1.21 bits per heavy atom. The highest BCUT2D eigenvalue weighted by Crippen LogP contribution is 2.44. The normalized spacial score (nSPS) is 32.6. The lowest BCUT2D eigenvalue weighted by Crippen LogP contribution is -2.26. The minimum atomic E-state index is -0.116. The second kappa shape index (κ2) is 17.4. The Bertz CT molecular complexity index is 463. The molecule has 0 aromatic carbocycles. The maximum Gasteiger partial charge on any atom is 0.0894 e. The summed E-state index contributed by atoms with van der Waals surface area (Å²) in [6.45, 7) is 2.20. The molecule has 0 radical (unpaired) electrons. The van der Waals surface area contributed by atoms with Crippen molar-refractivity contribution in [1.82, 2.24) is 0 Å². The van der Waals surface area contributed by atoms with Gasteiger partial charge in [0, 0.05) is 0 Å². The van der Waals surface area contributed by atoms with Gasteiger partial charge >= 0.3 is 0 Å². The van der Waals surface area contributed by atoms with Gasteiger partial charge in [0.15, 0.2) is 0 Å². The molecular formula is C33H61F. The number of halogens is 1. The highest BCUT2D eigenvalue weighted by Gasteiger charge is 2.31. The summed E-state index contributed by atoms with van der Waals surface area (Å²) < 4.78 is 12.3. The van der Waals surface area contributed by atoms with Crippen LogP contribution in [-0.4, -0.2) is 6.67 Å². The van der Waals surface area contributed by atoms with Crippen molar-refractivity contribution in [2.45, 2.75) is 167 Å². The molecule has 0 aromatic rings. The van der Waals surface area contributed by atoms with Gasteiger partial charge in [0.1, 0.15) is 0 Å². The fourth-order valence-electron chi connectivity index (χ4n) is 8.09. The standard InChI is InChI=1S/C33H61F/c1-2-3-4-5-6-8-11-29-19-23-32(24-20-29)33-25-21-31(22-26-33)18-17-30-15-13-28(14-16-30)12-9-7-10-27-34/h28-33H,2-27H2,1H3. The van der Waals surface area contributed by atoms with Crippen LogP contribution in [0.4, 0.5) is 4.39 Å². The van der Waals surface area contributed by atoms with Gasteiger partial charge in [-0.2, -0.15) is 0 Å². The van der Waals surface area contributed by atoms with Gasteiger partial charge < -0.3 is 0 Å². The van der Waals surface area contributed by atoms with E-state index in [1.807, 2.05) is 0 Å². The van der Waals surface area contributed by atoms with Gasteiger partial charge in [0.2, 0.25) is 0 Å². The quantitative estimate of drug-likeness (QED) is 0.194. The van der Waals surface area contributed by atoms with Crippen LogP contribution in [0.1, 0.15) is 167 Å². The van der Waals surface area contributed by atoms with E-state index in [9.17, 15) is 4.39 Å². The topological polar surface area (TPSA) is 0 Å². The molecule has 0 heterocycles. The minimum absolute atomic E-state index is 0.116. The molecule has 3 aliphatic rings. The summed E-state index contributed by atoms with van der Waals surface area (Å²) in [5, 5.41) is 0. The molecule has 200 valence electrons. The number of hydrogen-bond donors (Lipinski definition) is 0. The molecule has 0 amide bonds. The first-order valence-electron chi connectivity index (χ1n) is 16.3. The average molecular weight is 477 g/mol. The highest BCUT2D eigenvalue weighted by atomic mass is 19.1. The molecule has 3 rings (SSSR count). The van der Waals surface area contributed by atoms with E-state index < -0.39 is 0 Å². The zero-order chi connectivity index (χ0) is 23.8. The van der Waals surface area contributed by atoms with Gasteiger partial charge in [-0.25, -0.2) is 0 Å². The lowest BCUT2D eigenvalue weighted by Gasteiger charge is -2.38. The van der Waals surface area contributed by atoms with Crippen LogP contribution in [-0.2, 0) is 0 Å². The molecule has 34 heavy (non-hydrogen) atoms. The van der Waals surface area contributed by atoms with Crippen molar-refractivity contribution in [3.8, 4) is 0 Å². The monoisotopic (exact) mass is 476 g/mol. The van der Waals surface area contributed by atoms with Gasteiger partial charge in [0.05, 0.1) is 6.67 Å². The van der Waals surface area contributed by atoms with Gasteiger partial charge in [-0.3, -0.25) is 4.39 Å². The Labute approximate surface area is 214 Å². The zero-order valence-electron chi connectivity index (χ0n) is 23.2. The Balaban J connectivity index is 1.18. The fourth-order valence-corrected chi connectivity index (χ4v) is 8.09. The molecule has 3 aliphatic carbocycles. The van der Waals surface area contributed by atoms with Gasteiger partial charge in [-0.1, -0.05) is 135 Å². The first-order valence-corrected chi connectivity index (χ1v) is 16.3.